The molecule has 0 amide bonds. The first-order valence-corrected chi connectivity index (χ1v) is 11.3. The SMILES string of the molecule is CC(C)NCc1ccn2c(-c3ccnc(NCC(C)(C)C)n3)c(-c3ccc(F)cc3)nc2c1. The molecule has 33 heavy (non-hydrogen) atoms. The maximum atomic E-state index is 13.6. The largest absolute Gasteiger partial charge is 0.354 e. The van der Waals surface area contributed by atoms with Gasteiger partial charge in [-0.15, -0.1) is 0 Å². The van der Waals surface area contributed by atoms with Gasteiger partial charge in [0.15, 0.2) is 0 Å². The summed E-state index contributed by atoms with van der Waals surface area (Å²) in [6.45, 7) is 12.2. The first-order valence-electron chi connectivity index (χ1n) is 11.3. The summed E-state index contributed by atoms with van der Waals surface area (Å²) in [5.41, 5.74) is 5.25. The average Bonchev–Trinajstić information content (AvgIpc) is 3.15. The van der Waals surface area contributed by atoms with Gasteiger partial charge in [0.1, 0.15) is 11.5 Å². The van der Waals surface area contributed by atoms with E-state index in [4.69, 9.17) is 9.97 Å². The molecule has 0 aliphatic heterocycles. The minimum atomic E-state index is -0.276. The molecule has 3 aromatic heterocycles. The third-order valence-corrected chi connectivity index (χ3v) is 5.20. The van der Waals surface area contributed by atoms with E-state index < -0.39 is 0 Å². The van der Waals surface area contributed by atoms with Crippen molar-refractivity contribution in [3.05, 3.63) is 66.2 Å². The molecule has 0 radical (unpaired) electrons. The number of rotatable bonds is 7. The molecule has 0 saturated carbocycles. The maximum Gasteiger partial charge on any atom is 0.223 e. The Balaban J connectivity index is 1.81. The molecule has 4 aromatic rings. The quantitative estimate of drug-likeness (QED) is 0.389. The number of hydrogen-bond acceptors (Lipinski definition) is 5. The summed E-state index contributed by atoms with van der Waals surface area (Å²) in [6, 6.07) is 12.9. The number of nitrogens with zero attached hydrogens (tertiary/aromatic N) is 4. The molecule has 0 unspecified atom stereocenters. The van der Waals surface area contributed by atoms with Crippen molar-refractivity contribution >= 4 is 11.6 Å². The van der Waals surface area contributed by atoms with Crippen molar-refractivity contribution in [2.45, 2.75) is 47.2 Å². The third kappa shape index (κ3) is 5.54. The molecule has 0 saturated heterocycles. The van der Waals surface area contributed by atoms with Gasteiger partial charge in [-0.05, 0) is 53.4 Å². The Bertz CT molecular complexity index is 1240. The predicted octanol–water partition coefficient (Wildman–Crippen LogP) is 5.55. The summed E-state index contributed by atoms with van der Waals surface area (Å²) >= 11 is 0. The van der Waals surface area contributed by atoms with E-state index in [0.717, 1.165) is 46.9 Å². The monoisotopic (exact) mass is 446 g/mol. The molecule has 0 fully saturated rings. The van der Waals surface area contributed by atoms with Crippen LogP contribution in [0.15, 0.2) is 54.9 Å². The highest BCUT2D eigenvalue weighted by molar-refractivity contribution is 5.80. The van der Waals surface area contributed by atoms with E-state index in [1.165, 1.54) is 12.1 Å². The number of anilines is 1. The number of hydrogen-bond donors (Lipinski definition) is 2. The second-order valence-electron chi connectivity index (χ2n) is 9.79. The van der Waals surface area contributed by atoms with Crippen molar-refractivity contribution < 1.29 is 4.39 Å². The lowest BCUT2D eigenvalue weighted by Crippen LogP contribution is -2.21. The Morgan fingerprint density at radius 1 is 1.03 bits per heavy atom. The van der Waals surface area contributed by atoms with Gasteiger partial charge in [-0.2, -0.15) is 0 Å². The van der Waals surface area contributed by atoms with Crippen LogP contribution in [0.2, 0.25) is 0 Å². The number of halogens is 1. The summed E-state index contributed by atoms with van der Waals surface area (Å²) in [7, 11) is 0. The molecule has 0 spiro atoms. The van der Waals surface area contributed by atoms with Crippen molar-refractivity contribution in [1.29, 1.82) is 0 Å². The minimum absolute atomic E-state index is 0.0996. The van der Waals surface area contributed by atoms with Gasteiger partial charge in [-0.25, -0.2) is 19.3 Å². The zero-order valence-electron chi connectivity index (χ0n) is 19.9. The van der Waals surface area contributed by atoms with Crippen molar-refractivity contribution in [2.24, 2.45) is 5.41 Å². The lowest BCUT2D eigenvalue weighted by molar-refractivity contribution is 0.442. The van der Waals surface area contributed by atoms with Gasteiger partial charge in [0.2, 0.25) is 5.95 Å². The van der Waals surface area contributed by atoms with Crippen LogP contribution in [0, 0.1) is 11.2 Å². The molecule has 0 atom stereocenters. The molecule has 0 aliphatic carbocycles. The molecule has 1 aromatic carbocycles. The predicted molar refractivity (Wildman–Crippen MR) is 132 cm³/mol. The van der Waals surface area contributed by atoms with Crippen molar-refractivity contribution in [3.8, 4) is 22.6 Å². The number of pyridine rings is 1. The number of fused-ring (bicyclic) bond motifs is 1. The highest BCUT2D eigenvalue weighted by Crippen LogP contribution is 2.32. The normalized spacial score (nSPS) is 12.0. The van der Waals surface area contributed by atoms with Gasteiger partial charge in [0.25, 0.3) is 0 Å². The van der Waals surface area contributed by atoms with Crippen LogP contribution in [-0.4, -0.2) is 31.9 Å². The van der Waals surface area contributed by atoms with Gasteiger partial charge >= 0.3 is 0 Å². The number of benzene rings is 1. The molecule has 3 heterocycles. The highest BCUT2D eigenvalue weighted by Gasteiger charge is 2.19. The van der Waals surface area contributed by atoms with Crippen LogP contribution in [0.5, 0.6) is 0 Å². The molecule has 0 aliphatic rings. The average molecular weight is 447 g/mol. The lowest BCUT2D eigenvalue weighted by Gasteiger charge is -2.18. The van der Waals surface area contributed by atoms with Gasteiger partial charge < -0.3 is 10.6 Å². The Hall–Kier alpha value is -3.32. The molecule has 4 rings (SSSR count). The Morgan fingerprint density at radius 3 is 2.48 bits per heavy atom. The summed E-state index contributed by atoms with van der Waals surface area (Å²) in [6.07, 6.45) is 3.77. The Morgan fingerprint density at radius 2 is 1.79 bits per heavy atom. The smallest absolute Gasteiger partial charge is 0.223 e. The number of imidazole rings is 1. The summed E-state index contributed by atoms with van der Waals surface area (Å²) in [5.74, 6) is 0.294. The van der Waals surface area contributed by atoms with Crippen LogP contribution in [0.25, 0.3) is 28.3 Å². The van der Waals surface area contributed by atoms with Crippen LogP contribution in [-0.2, 0) is 6.54 Å². The van der Waals surface area contributed by atoms with Crippen LogP contribution in [0.4, 0.5) is 10.3 Å². The Labute approximate surface area is 194 Å². The molecule has 7 heteroatoms. The van der Waals surface area contributed by atoms with E-state index in [9.17, 15) is 4.39 Å². The van der Waals surface area contributed by atoms with E-state index in [1.807, 2.05) is 16.7 Å². The first kappa shape index (κ1) is 22.9. The molecular weight excluding hydrogens is 415 g/mol. The summed E-state index contributed by atoms with van der Waals surface area (Å²) in [4.78, 5) is 14.1. The van der Waals surface area contributed by atoms with Gasteiger partial charge in [0.05, 0.1) is 17.1 Å². The van der Waals surface area contributed by atoms with Crippen LogP contribution in [0.1, 0.15) is 40.2 Å². The molecular formula is C26H31FN6. The van der Waals surface area contributed by atoms with Gasteiger partial charge in [-0.1, -0.05) is 34.6 Å². The van der Waals surface area contributed by atoms with Crippen LogP contribution >= 0.6 is 0 Å². The van der Waals surface area contributed by atoms with E-state index in [-0.39, 0.29) is 11.2 Å². The molecule has 0 bridgehead atoms. The fraction of sp³-hybridized carbons (Fsp3) is 0.346. The third-order valence-electron chi connectivity index (χ3n) is 5.20. The van der Waals surface area contributed by atoms with Gasteiger partial charge in [0, 0.05) is 37.1 Å². The van der Waals surface area contributed by atoms with Crippen molar-refractivity contribution in [3.63, 3.8) is 0 Å². The van der Waals surface area contributed by atoms with Crippen LogP contribution < -0.4 is 10.6 Å². The van der Waals surface area contributed by atoms with E-state index in [0.29, 0.717) is 12.0 Å². The highest BCUT2D eigenvalue weighted by atomic mass is 19.1. The lowest BCUT2D eigenvalue weighted by atomic mass is 9.97. The number of nitrogens with one attached hydrogen (secondary N) is 2. The first-order chi connectivity index (χ1) is 15.7. The topological polar surface area (TPSA) is 67.1 Å². The molecule has 6 nitrogen and oxygen atoms in total. The second-order valence-corrected chi connectivity index (χ2v) is 9.79. The summed E-state index contributed by atoms with van der Waals surface area (Å²) in [5, 5.41) is 6.77. The van der Waals surface area contributed by atoms with Crippen molar-refractivity contribution in [1.82, 2.24) is 24.7 Å². The van der Waals surface area contributed by atoms with E-state index in [2.05, 4.69) is 62.4 Å². The summed E-state index contributed by atoms with van der Waals surface area (Å²) < 4.78 is 15.6. The maximum absolute atomic E-state index is 13.6. The fourth-order valence-corrected chi connectivity index (χ4v) is 3.49. The minimum Gasteiger partial charge on any atom is -0.354 e. The second kappa shape index (κ2) is 9.27. The number of aromatic nitrogens is 4. The fourth-order valence-electron chi connectivity index (χ4n) is 3.49. The Kier molecular flexibility index (Phi) is 6.42. The molecule has 2 N–H and O–H groups in total. The van der Waals surface area contributed by atoms with Gasteiger partial charge in [-0.3, -0.25) is 4.40 Å². The molecule has 172 valence electrons. The standard InChI is InChI=1S/C26H31FN6/c1-17(2)29-15-18-11-13-33-22(14-18)32-23(19-6-8-20(27)9-7-19)24(33)21-10-12-28-25(31-21)30-16-26(3,4)5/h6-14,17,29H,15-16H2,1-5H3,(H,28,30,31). The van der Waals surface area contributed by atoms with Crippen molar-refractivity contribution in [2.75, 3.05) is 11.9 Å². The van der Waals surface area contributed by atoms with Crippen LogP contribution in [0.3, 0.4) is 0 Å². The van der Waals surface area contributed by atoms with E-state index in [1.54, 1.807) is 18.3 Å². The zero-order valence-corrected chi connectivity index (χ0v) is 19.9. The zero-order chi connectivity index (χ0) is 23.6. The van der Waals surface area contributed by atoms with E-state index >= 15 is 0 Å².